The Morgan fingerprint density at radius 1 is 1.23 bits per heavy atom. The molecule has 1 aromatic carbocycles. The average molecular weight is 366 g/mol. The van der Waals surface area contributed by atoms with Gasteiger partial charge in [-0.15, -0.1) is 0 Å². The average Bonchev–Trinajstić information content (AvgIpc) is 2.82. The van der Waals surface area contributed by atoms with Crippen LogP contribution < -0.4 is 4.90 Å². The van der Waals surface area contributed by atoms with E-state index in [2.05, 4.69) is 53.7 Å². The first-order chi connectivity index (χ1) is 10.7. The third kappa shape index (κ3) is 2.79. The summed E-state index contributed by atoms with van der Waals surface area (Å²) in [6.07, 6.45) is 3.25. The van der Waals surface area contributed by atoms with Gasteiger partial charge in [0.1, 0.15) is 5.58 Å². The molecule has 0 unspecified atom stereocenters. The zero-order valence-corrected chi connectivity index (χ0v) is 15.2. The SMILES string of the molecule is CCc1cc2c(C)c(Br)oc2cc1N(CC)C1CCOCC1. The molecule has 0 spiro atoms. The second kappa shape index (κ2) is 6.63. The normalized spacial score (nSPS) is 16.4. The van der Waals surface area contributed by atoms with Crippen molar-refractivity contribution in [3.05, 3.63) is 27.9 Å². The van der Waals surface area contributed by atoms with Crippen molar-refractivity contribution in [2.75, 3.05) is 24.7 Å². The number of hydrogen-bond donors (Lipinski definition) is 0. The molecule has 3 rings (SSSR count). The monoisotopic (exact) mass is 365 g/mol. The van der Waals surface area contributed by atoms with E-state index in [4.69, 9.17) is 9.15 Å². The van der Waals surface area contributed by atoms with Crippen molar-refractivity contribution in [3.8, 4) is 0 Å². The predicted molar refractivity (Wildman–Crippen MR) is 94.9 cm³/mol. The molecule has 3 nitrogen and oxygen atoms in total. The van der Waals surface area contributed by atoms with Crippen LogP contribution in [0, 0.1) is 6.92 Å². The number of fused-ring (bicyclic) bond motifs is 1. The van der Waals surface area contributed by atoms with E-state index in [1.165, 1.54) is 22.2 Å². The van der Waals surface area contributed by atoms with E-state index >= 15 is 0 Å². The summed E-state index contributed by atoms with van der Waals surface area (Å²) in [5.74, 6) is 0. The molecular weight excluding hydrogens is 342 g/mol. The van der Waals surface area contributed by atoms with E-state index in [0.29, 0.717) is 6.04 Å². The topological polar surface area (TPSA) is 25.6 Å². The maximum Gasteiger partial charge on any atom is 0.173 e. The quantitative estimate of drug-likeness (QED) is 0.755. The van der Waals surface area contributed by atoms with Crippen LogP contribution in [0.1, 0.15) is 37.8 Å². The Morgan fingerprint density at radius 2 is 1.95 bits per heavy atom. The highest BCUT2D eigenvalue weighted by molar-refractivity contribution is 9.10. The smallest absolute Gasteiger partial charge is 0.173 e. The molecule has 1 fully saturated rings. The van der Waals surface area contributed by atoms with Crippen molar-refractivity contribution < 1.29 is 9.15 Å². The van der Waals surface area contributed by atoms with E-state index in [9.17, 15) is 0 Å². The lowest BCUT2D eigenvalue weighted by molar-refractivity contribution is 0.0846. The highest BCUT2D eigenvalue weighted by Gasteiger charge is 2.23. The van der Waals surface area contributed by atoms with Crippen molar-refractivity contribution in [1.82, 2.24) is 0 Å². The molecule has 0 radical (unpaired) electrons. The predicted octanol–water partition coefficient (Wildman–Crippen LogP) is 5.07. The van der Waals surface area contributed by atoms with Gasteiger partial charge in [0.2, 0.25) is 0 Å². The first-order valence-electron chi connectivity index (χ1n) is 8.21. The molecule has 0 amide bonds. The lowest BCUT2D eigenvalue weighted by Crippen LogP contribution is -2.39. The fourth-order valence-corrected chi connectivity index (χ4v) is 3.83. The molecule has 1 aliphatic rings. The lowest BCUT2D eigenvalue weighted by Gasteiger charge is -2.36. The van der Waals surface area contributed by atoms with Gasteiger partial charge in [-0.3, -0.25) is 0 Å². The van der Waals surface area contributed by atoms with Crippen LogP contribution >= 0.6 is 15.9 Å². The lowest BCUT2D eigenvalue weighted by atomic mass is 10.0. The molecule has 0 N–H and O–H groups in total. The van der Waals surface area contributed by atoms with Crippen LogP contribution in [0.15, 0.2) is 21.2 Å². The number of rotatable bonds is 4. The molecule has 2 heterocycles. The van der Waals surface area contributed by atoms with Crippen molar-refractivity contribution in [1.29, 1.82) is 0 Å². The molecule has 2 aromatic rings. The van der Waals surface area contributed by atoms with E-state index in [1.54, 1.807) is 0 Å². The number of furan rings is 1. The maximum absolute atomic E-state index is 5.89. The number of hydrogen-bond acceptors (Lipinski definition) is 3. The van der Waals surface area contributed by atoms with E-state index in [-0.39, 0.29) is 0 Å². The molecule has 0 aliphatic carbocycles. The fourth-order valence-electron chi connectivity index (χ4n) is 3.44. The molecule has 22 heavy (non-hydrogen) atoms. The third-order valence-electron chi connectivity index (χ3n) is 4.74. The van der Waals surface area contributed by atoms with Gasteiger partial charge in [0.05, 0.1) is 0 Å². The minimum absolute atomic E-state index is 0.570. The Bertz CT molecular complexity index is 659. The van der Waals surface area contributed by atoms with Gasteiger partial charge in [0, 0.05) is 48.5 Å². The van der Waals surface area contributed by atoms with Gasteiger partial charge in [-0.2, -0.15) is 0 Å². The molecule has 0 saturated carbocycles. The van der Waals surface area contributed by atoms with Gasteiger partial charge in [-0.05, 0) is 60.7 Å². The summed E-state index contributed by atoms with van der Waals surface area (Å²) in [7, 11) is 0. The molecule has 0 bridgehead atoms. The van der Waals surface area contributed by atoms with Crippen LogP contribution in [0.4, 0.5) is 5.69 Å². The van der Waals surface area contributed by atoms with Crippen LogP contribution in [0.2, 0.25) is 0 Å². The Morgan fingerprint density at radius 3 is 2.59 bits per heavy atom. The minimum Gasteiger partial charge on any atom is -0.449 e. The van der Waals surface area contributed by atoms with Crippen LogP contribution in [-0.2, 0) is 11.2 Å². The summed E-state index contributed by atoms with van der Waals surface area (Å²) in [6.45, 7) is 9.33. The number of anilines is 1. The first-order valence-corrected chi connectivity index (χ1v) is 9.00. The molecule has 1 saturated heterocycles. The Kier molecular flexibility index (Phi) is 4.79. The minimum atomic E-state index is 0.570. The Balaban J connectivity index is 2.06. The first kappa shape index (κ1) is 15.9. The van der Waals surface area contributed by atoms with Gasteiger partial charge >= 0.3 is 0 Å². The molecule has 0 atom stereocenters. The van der Waals surface area contributed by atoms with Crippen molar-refractivity contribution >= 4 is 32.6 Å². The van der Waals surface area contributed by atoms with Gasteiger partial charge in [0.25, 0.3) is 0 Å². The molecule has 120 valence electrons. The van der Waals surface area contributed by atoms with Crippen LogP contribution in [0.5, 0.6) is 0 Å². The molecule has 4 heteroatoms. The number of aryl methyl sites for hydroxylation is 2. The van der Waals surface area contributed by atoms with Gasteiger partial charge in [-0.25, -0.2) is 0 Å². The Hall–Kier alpha value is -1.00. The second-order valence-corrected chi connectivity index (χ2v) is 6.68. The number of benzene rings is 1. The fraction of sp³-hybridized carbons (Fsp3) is 0.556. The Labute approximate surface area is 140 Å². The van der Waals surface area contributed by atoms with Crippen LogP contribution in [0.3, 0.4) is 0 Å². The molecule has 1 aromatic heterocycles. The number of halogens is 1. The number of ether oxygens (including phenoxy) is 1. The zero-order valence-electron chi connectivity index (χ0n) is 13.6. The van der Waals surface area contributed by atoms with E-state index in [0.717, 1.165) is 49.3 Å². The summed E-state index contributed by atoms with van der Waals surface area (Å²) in [4.78, 5) is 2.53. The summed E-state index contributed by atoms with van der Waals surface area (Å²) in [6, 6.07) is 5.10. The van der Waals surface area contributed by atoms with E-state index < -0.39 is 0 Å². The summed E-state index contributed by atoms with van der Waals surface area (Å²) < 4.78 is 12.3. The summed E-state index contributed by atoms with van der Waals surface area (Å²) in [5, 5.41) is 1.22. The highest BCUT2D eigenvalue weighted by atomic mass is 79.9. The van der Waals surface area contributed by atoms with Gasteiger partial charge < -0.3 is 14.1 Å². The van der Waals surface area contributed by atoms with Gasteiger partial charge in [-0.1, -0.05) is 6.92 Å². The summed E-state index contributed by atoms with van der Waals surface area (Å²) >= 11 is 3.51. The second-order valence-electron chi connectivity index (χ2n) is 5.96. The standard InChI is InChI=1S/C18H24BrNO2/c1-4-13-10-15-12(3)18(19)22-17(15)11-16(13)20(5-2)14-6-8-21-9-7-14/h10-11,14H,4-9H2,1-3H3. The van der Waals surface area contributed by atoms with Crippen molar-refractivity contribution in [3.63, 3.8) is 0 Å². The maximum atomic E-state index is 5.89. The van der Waals surface area contributed by atoms with Crippen molar-refractivity contribution in [2.24, 2.45) is 0 Å². The number of nitrogens with zero attached hydrogens (tertiary/aromatic N) is 1. The third-order valence-corrected chi connectivity index (χ3v) is 5.50. The largest absolute Gasteiger partial charge is 0.449 e. The summed E-state index contributed by atoms with van der Waals surface area (Å²) in [5.41, 5.74) is 4.88. The molecule has 1 aliphatic heterocycles. The van der Waals surface area contributed by atoms with Crippen molar-refractivity contribution in [2.45, 2.75) is 46.1 Å². The molecular formula is C18H24BrNO2. The van der Waals surface area contributed by atoms with Crippen LogP contribution in [0.25, 0.3) is 11.0 Å². The van der Waals surface area contributed by atoms with Gasteiger partial charge in [0.15, 0.2) is 4.67 Å². The zero-order chi connectivity index (χ0) is 15.7. The van der Waals surface area contributed by atoms with E-state index in [1.807, 2.05) is 0 Å². The van der Waals surface area contributed by atoms with Crippen LogP contribution in [-0.4, -0.2) is 25.8 Å². The highest BCUT2D eigenvalue weighted by Crippen LogP contribution is 2.36.